The van der Waals surface area contributed by atoms with Gasteiger partial charge in [-0.1, -0.05) is 24.3 Å². The van der Waals surface area contributed by atoms with Crippen LogP contribution in [0.4, 0.5) is 0 Å². The zero-order valence-electron chi connectivity index (χ0n) is 11.0. The summed E-state index contributed by atoms with van der Waals surface area (Å²) in [6, 6.07) is 15.3. The Morgan fingerprint density at radius 1 is 1.05 bits per heavy atom. The molecule has 0 aliphatic carbocycles. The van der Waals surface area contributed by atoms with Gasteiger partial charge in [-0.15, -0.1) is 10.2 Å². The van der Waals surface area contributed by atoms with Gasteiger partial charge in [0.2, 0.25) is 0 Å². The maximum atomic E-state index is 10.8. The highest BCUT2D eigenvalue weighted by atomic mass is 16.5. The summed E-state index contributed by atoms with van der Waals surface area (Å²) in [4.78, 5) is 12.4. The fourth-order valence-electron chi connectivity index (χ4n) is 1.89. The number of rotatable bonds is 3. The van der Waals surface area contributed by atoms with E-state index in [0.717, 1.165) is 22.3 Å². The topological polar surface area (TPSA) is 57.0 Å². The molecule has 3 rings (SSSR count). The van der Waals surface area contributed by atoms with Gasteiger partial charge < -0.3 is 4.74 Å². The minimum Gasteiger partial charge on any atom is -0.461 e. The molecule has 0 saturated carbocycles. The number of hydrogen-bond donors (Lipinski definition) is 0. The predicted octanol–water partition coefficient (Wildman–Crippen LogP) is 2.48. The van der Waals surface area contributed by atoms with Crippen LogP contribution in [0.3, 0.4) is 0 Å². The molecule has 0 aliphatic rings. The van der Waals surface area contributed by atoms with Gasteiger partial charge in [-0.25, -0.2) is 0 Å². The quantitative estimate of drug-likeness (QED) is 0.684. The Morgan fingerprint density at radius 2 is 1.65 bits per heavy atom. The van der Waals surface area contributed by atoms with Crippen LogP contribution in [-0.4, -0.2) is 21.0 Å². The smallest absolute Gasteiger partial charge is 0.302 e. The number of nitrogens with zero attached hydrogens (tertiary/aromatic N) is 3. The summed E-state index contributed by atoms with van der Waals surface area (Å²) in [6.45, 7) is 1.68. The van der Waals surface area contributed by atoms with Crippen LogP contribution in [0.2, 0.25) is 0 Å². The summed E-state index contributed by atoms with van der Waals surface area (Å²) in [7, 11) is 0. The van der Waals surface area contributed by atoms with Crippen molar-refractivity contribution in [3.63, 3.8) is 0 Å². The van der Waals surface area contributed by atoms with Crippen molar-refractivity contribution >= 4 is 17.0 Å². The minimum absolute atomic E-state index is 0.282. The van der Waals surface area contributed by atoms with Gasteiger partial charge in [0.05, 0.1) is 5.69 Å². The molecule has 0 aliphatic heterocycles. The lowest BCUT2D eigenvalue weighted by Gasteiger charge is -2.03. The van der Waals surface area contributed by atoms with Gasteiger partial charge >= 0.3 is 5.97 Å². The molecule has 0 saturated heterocycles. The summed E-state index contributed by atoms with van der Waals surface area (Å²) >= 11 is 0. The summed E-state index contributed by atoms with van der Waals surface area (Å²) < 4.78 is 4.94. The average Bonchev–Trinajstić information content (AvgIpc) is 2.89. The molecule has 0 amide bonds. The first-order valence-corrected chi connectivity index (χ1v) is 6.27. The Bertz CT molecular complexity index is 714. The predicted molar refractivity (Wildman–Crippen MR) is 74.3 cm³/mol. The molecule has 0 fully saturated rings. The molecular weight excluding hydrogens is 254 g/mol. The van der Waals surface area contributed by atoms with Crippen LogP contribution in [0.15, 0.2) is 48.5 Å². The zero-order chi connectivity index (χ0) is 13.9. The van der Waals surface area contributed by atoms with Crippen LogP contribution in [0.5, 0.6) is 0 Å². The Balaban J connectivity index is 1.85. The first kappa shape index (κ1) is 12.3. The number of esters is 1. The molecule has 5 nitrogen and oxygen atoms in total. The summed E-state index contributed by atoms with van der Waals surface area (Å²) in [6.07, 6.45) is 0. The van der Waals surface area contributed by atoms with Gasteiger partial charge in [-0.3, -0.25) is 4.79 Å². The van der Waals surface area contributed by atoms with Crippen LogP contribution in [-0.2, 0) is 16.1 Å². The van der Waals surface area contributed by atoms with Crippen molar-refractivity contribution in [2.75, 3.05) is 0 Å². The van der Waals surface area contributed by atoms with Crippen molar-refractivity contribution in [1.29, 1.82) is 0 Å². The van der Waals surface area contributed by atoms with Crippen LogP contribution < -0.4 is 0 Å². The Morgan fingerprint density at radius 3 is 2.20 bits per heavy atom. The molecule has 3 aromatic rings. The van der Waals surface area contributed by atoms with Gasteiger partial charge in [0.15, 0.2) is 0 Å². The summed E-state index contributed by atoms with van der Waals surface area (Å²) in [5, 5.41) is 8.81. The van der Waals surface area contributed by atoms with Gasteiger partial charge in [0.1, 0.15) is 17.6 Å². The number of fused-ring (bicyclic) bond motifs is 1. The monoisotopic (exact) mass is 267 g/mol. The van der Waals surface area contributed by atoms with Crippen LogP contribution in [0.25, 0.3) is 16.7 Å². The fraction of sp³-hybridized carbons (Fsp3) is 0.133. The van der Waals surface area contributed by atoms with Crippen molar-refractivity contribution in [1.82, 2.24) is 15.0 Å². The van der Waals surface area contributed by atoms with Crippen LogP contribution in [0.1, 0.15) is 12.5 Å². The van der Waals surface area contributed by atoms with E-state index in [2.05, 4.69) is 10.2 Å². The Kier molecular flexibility index (Phi) is 3.16. The normalized spacial score (nSPS) is 10.7. The molecule has 0 unspecified atom stereocenters. The highest BCUT2D eigenvalue weighted by Gasteiger charge is 2.04. The van der Waals surface area contributed by atoms with Gasteiger partial charge in [-0.05, 0) is 29.8 Å². The zero-order valence-corrected chi connectivity index (χ0v) is 11.0. The fourth-order valence-corrected chi connectivity index (χ4v) is 1.89. The Hall–Kier alpha value is -2.69. The lowest BCUT2D eigenvalue weighted by Crippen LogP contribution is -2.01. The number of carbonyl (C=O) groups is 1. The number of carbonyl (C=O) groups excluding carboxylic acids is 1. The lowest BCUT2D eigenvalue weighted by atomic mass is 10.2. The maximum absolute atomic E-state index is 10.8. The molecule has 1 heterocycles. The first-order valence-electron chi connectivity index (χ1n) is 6.27. The Labute approximate surface area is 115 Å². The number of ether oxygens (including phenoxy) is 1. The molecule has 0 radical (unpaired) electrons. The van der Waals surface area contributed by atoms with E-state index in [1.165, 1.54) is 6.92 Å². The molecule has 5 heteroatoms. The second-order valence-electron chi connectivity index (χ2n) is 4.42. The van der Waals surface area contributed by atoms with Crippen molar-refractivity contribution in [2.45, 2.75) is 13.5 Å². The maximum Gasteiger partial charge on any atom is 0.302 e. The van der Waals surface area contributed by atoms with E-state index in [9.17, 15) is 4.79 Å². The highest BCUT2D eigenvalue weighted by Crippen LogP contribution is 2.13. The van der Waals surface area contributed by atoms with Gasteiger partial charge in [0, 0.05) is 6.92 Å². The van der Waals surface area contributed by atoms with Crippen LogP contribution in [0, 0.1) is 0 Å². The molecule has 0 N–H and O–H groups in total. The lowest BCUT2D eigenvalue weighted by molar-refractivity contribution is -0.142. The van der Waals surface area contributed by atoms with E-state index in [4.69, 9.17) is 4.74 Å². The van der Waals surface area contributed by atoms with Gasteiger partial charge in [0.25, 0.3) is 0 Å². The molecule has 20 heavy (non-hydrogen) atoms. The van der Waals surface area contributed by atoms with Crippen molar-refractivity contribution in [2.24, 2.45) is 0 Å². The molecule has 0 atom stereocenters. The van der Waals surface area contributed by atoms with E-state index >= 15 is 0 Å². The molecular formula is C15H13N3O2. The second-order valence-corrected chi connectivity index (χ2v) is 4.42. The van der Waals surface area contributed by atoms with E-state index in [1.807, 2.05) is 48.5 Å². The molecule has 2 aromatic carbocycles. The third-order valence-corrected chi connectivity index (χ3v) is 2.90. The standard InChI is InChI=1S/C15H13N3O2/c1-11(19)20-10-12-6-8-13(9-7-12)18-16-14-4-2-3-5-15(14)17-18/h2-9H,10H2,1H3. The molecule has 1 aromatic heterocycles. The van der Waals surface area contributed by atoms with Crippen molar-refractivity contribution in [3.05, 3.63) is 54.1 Å². The highest BCUT2D eigenvalue weighted by molar-refractivity contribution is 5.73. The van der Waals surface area contributed by atoms with E-state index in [1.54, 1.807) is 4.80 Å². The third kappa shape index (κ3) is 2.51. The van der Waals surface area contributed by atoms with Crippen molar-refractivity contribution in [3.8, 4) is 5.69 Å². The molecule has 0 bridgehead atoms. The van der Waals surface area contributed by atoms with E-state index < -0.39 is 0 Å². The van der Waals surface area contributed by atoms with Crippen molar-refractivity contribution < 1.29 is 9.53 Å². The number of hydrogen-bond acceptors (Lipinski definition) is 4. The number of benzene rings is 2. The van der Waals surface area contributed by atoms with Gasteiger partial charge in [-0.2, -0.15) is 4.80 Å². The first-order chi connectivity index (χ1) is 9.72. The van der Waals surface area contributed by atoms with E-state index in [-0.39, 0.29) is 12.6 Å². The third-order valence-electron chi connectivity index (χ3n) is 2.90. The molecule has 0 spiro atoms. The average molecular weight is 267 g/mol. The van der Waals surface area contributed by atoms with E-state index in [0.29, 0.717) is 0 Å². The SMILES string of the molecule is CC(=O)OCc1ccc(-n2nc3ccccc3n2)cc1. The second kappa shape index (κ2) is 5.13. The minimum atomic E-state index is -0.283. The number of aromatic nitrogens is 3. The summed E-state index contributed by atoms with van der Waals surface area (Å²) in [5.41, 5.74) is 3.52. The largest absolute Gasteiger partial charge is 0.461 e. The van der Waals surface area contributed by atoms with Crippen LogP contribution >= 0.6 is 0 Å². The molecule has 100 valence electrons. The summed E-state index contributed by atoms with van der Waals surface area (Å²) in [5.74, 6) is -0.283.